The van der Waals surface area contributed by atoms with Crippen LogP contribution in [0.3, 0.4) is 0 Å². The number of nitrogens with zero attached hydrogens (tertiary/aromatic N) is 4. The fourth-order valence-corrected chi connectivity index (χ4v) is 3.86. The van der Waals surface area contributed by atoms with Crippen molar-refractivity contribution in [3.8, 4) is 16.8 Å². The second-order valence-corrected chi connectivity index (χ2v) is 7.99. The third-order valence-electron chi connectivity index (χ3n) is 5.53. The summed E-state index contributed by atoms with van der Waals surface area (Å²) in [4.78, 5) is 45.1. The number of nitrogens with one attached hydrogen (secondary N) is 1. The van der Waals surface area contributed by atoms with Crippen LogP contribution in [-0.2, 0) is 0 Å². The third-order valence-corrected chi connectivity index (χ3v) is 5.53. The summed E-state index contributed by atoms with van der Waals surface area (Å²) in [6.07, 6.45) is 6.69. The molecule has 0 aliphatic carbocycles. The van der Waals surface area contributed by atoms with Crippen LogP contribution >= 0.6 is 0 Å². The lowest BCUT2D eigenvalue weighted by Gasteiger charge is -2.08. The minimum Gasteiger partial charge on any atom is -0.366 e. The lowest BCUT2D eigenvalue weighted by Crippen LogP contribution is -2.17. The average Bonchev–Trinajstić information content (AvgIpc) is 3.28. The molecule has 0 saturated carbocycles. The molecule has 0 unspecified atom stereocenters. The number of fused-ring (bicyclic) bond motifs is 1. The number of amides is 2. The molecule has 3 N–H and O–H groups in total. The maximum absolute atomic E-state index is 13.1. The van der Waals surface area contributed by atoms with Crippen LogP contribution in [0.25, 0.3) is 22.3 Å². The van der Waals surface area contributed by atoms with Crippen molar-refractivity contribution >= 4 is 23.0 Å². The second-order valence-electron chi connectivity index (χ2n) is 7.99. The molecule has 0 atom stereocenters. The SMILES string of the molecule is Cc1cn2cc(-c3ccc(-n4cnccc4=O)cc3)cc2c(C(=O)Nc2cccc(C(N)=O)c2)n1. The largest absolute Gasteiger partial charge is 0.366 e. The standard InChI is InChI=1S/C26H20N6O3/c1-16-13-31-14-19(17-5-7-21(8-6-17)32-15-28-10-9-23(32)33)12-22(31)24(29-16)26(35)30-20-4-2-3-18(11-20)25(27)34/h2-15H,1H3,(H2,27,34)(H,30,35). The van der Waals surface area contributed by atoms with Crippen LogP contribution in [0.2, 0.25) is 0 Å². The van der Waals surface area contributed by atoms with Crippen molar-refractivity contribution in [1.82, 2.24) is 18.9 Å². The normalized spacial score (nSPS) is 10.9. The Balaban J connectivity index is 1.48. The van der Waals surface area contributed by atoms with Crippen molar-refractivity contribution < 1.29 is 9.59 Å². The summed E-state index contributed by atoms with van der Waals surface area (Å²) in [5, 5.41) is 2.79. The van der Waals surface area contributed by atoms with Crippen molar-refractivity contribution in [3.63, 3.8) is 0 Å². The Morgan fingerprint density at radius 1 is 0.971 bits per heavy atom. The highest BCUT2D eigenvalue weighted by Crippen LogP contribution is 2.26. The highest BCUT2D eigenvalue weighted by Gasteiger charge is 2.16. The molecular weight excluding hydrogens is 444 g/mol. The van der Waals surface area contributed by atoms with Gasteiger partial charge in [-0.15, -0.1) is 0 Å². The minimum absolute atomic E-state index is 0.166. The van der Waals surface area contributed by atoms with E-state index in [4.69, 9.17) is 5.73 Å². The number of benzene rings is 2. The fraction of sp³-hybridized carbons (Fsp3) is 0.0385. The number of rotatable bonds is 5. The van der Waals surface area contributed by atoms with E-state index in [1.165, 1.54) is 29.2 Å². The van der Waals surface area contributed by atoms with Crippen molar-refractivity contribution in [2.45, 2.75) is 6.92 Å². The van der Waals surface area contributed by atoms with Gasteiger partial charge in [0.15, 0.2) is 5.69 Å². The minimum atomic E-state index is -0.576. The van der Waals surface area contributed by atoms with Gasteiger partial charge < -0.3 is 15.5 Å². The number of anilines is 1. The van der Waals surface area contributed by atoms with Gasteiger partial charge in [0, 0.05) is 41.5 Å². The second kappa shape index (κ2) is 8.71. The van der Waals surface area contributed by atoms with Crippen molar-refractivity contribution in [2.75, 3.05) is 5.32 Å². The Morgan fingerprint density at radius 2 is 1.77 bits per heavy atom. The maximum atomic E-state index is 13.1. The molecule has 0 spiro atoms. The Bertz CT molecular complexity index is 1650. The monoisotopic (exact) mass is 464 g/mol. The molecule has 0 fully saturated rings. The van der Waals surface area contributed by atoms with Crippen molar-refractivity contribution in [1.29, 1.82) is 0 Å². The Kier molecular flexibility index (Phi) is 5.42. The summed E-state index contributed by atoms with van der Waals surface area (Å²) >= 11 is 0. The van der Waals surface area contributed by atoms with E-state index in [-0.39, 0.29) is 11.3 Å². The van der Waals surface area contributed by atoms with Gasteiger partial charge in [0.2, 0.25) is 5.91 Å². The average molecular weight is 464 g/mol. The molecular formula is C26H20N6O3. The molecule has 2 amide bonds. The van der Waals surface area contributed by atoms with Gasteiger partial charge in [-0.05, 0) is 48.9 Å². The topological polar surface area (TPSA) is 124 Å². The Hall–Kier alpha value is -5.05. The van der Waals surface area contributed by atoms with E-state index in [0.29, 0.717) is 28.1 Å². The van der Waals surface area contributed by atoms with Gasteiger partial charge in [-0.25, -0.2) is 9.97 Å². The van der Waals surface area contributed by atoms with E-state index >= 15 is 0 Å². The zero-order valence-corrected chi connectivity index (χ0v) is 18.7. The number of hydrogen-bond donors (Lipinski definition) is 2. The summed E-state index contributed by atoms with van der Waals surface area (Å²) in [5.74, 6) is -0.982. The van der Waals surface area contributed by atoms with Crippen LogP contribution in [-0.4, -0.2) is 30.8 Å². The van der Waals surface area contributed by atoms with Crippen molar-refractivity contribution in [3.05, 3.63) is 113 Å². The first-order valence-corrected chi connectivity index (χ1v) is 10.7. The van der Waals surface area contributed by atoms with Crippen LogP contribution in [0, 0.1) is 6.92 Å². The lowest BCUT2D eigenvalue weighted by molar-refractivity contribution is 0.0995. The van der Waals surface area contributed by atoms with Crippen LogP contribution in [0.4, 0.5) is 5.69 Å². The van der Waals surface area contributed by atoms with Gasteiger partial charge in [-0.1, -0.05) is 18.2 Å². The van der Waals surface area contributed by atoms with E-state index in [1.807, 2.05) is 54.0 Å². The van der Waals surface area contributed by atoms with Crippen LogP contribution < -0.4 is 16.6 Å². The molecule has 172 valence electrons. The quantitative estimate of drug-likeness (QED) is 0.413. The molecule has 5 rings (SSSR count). The molecule has 3 heterocycles. The molecule has 0 aliphatic rings. The fourth-order valence-electron chi connectivity index (χ4n) is 3.86. The summed E-state index contributed by atoms with van der Waals surface area (Å²) in [5.41, 5.74) is 9.95. The molecule has 0 bridgehead atoms. The molecule has 5 aromatic rings. The van der Waals surface area contributed by atoms with E-state index < -0.39 is 11.8 Å². The van der Waals surface area contributed by atoms with Gasteiger partial charge in [-0.3, -0.25) is 19.0 Å². The number of aromatic nitrogens is 4. The Morgan fingerprint density at radius 3 is 2.51 bits per heavy atom. The number of primary amides is 1. The van der Waals surface area contributed by atoms with Crippen LogP contribution in [0.15, 0.2) is 90.4 Å². The molecule has 2 aromatic carbocycles. The highest BCUT2D eigenvalue weighted by atomic mass is 16.2. The first-order chi connectivity index (χ1) is 16.9. The molecule has 0 saturated heterocycles. The van der Waals surface area contributed by atoms with Crippen LogP contribution in [0.5, 0.6) is 0 Å². The van der Waals surface area contributed by atoms with E-state index in [0.717, 1.165) is 11.1 Å². The van der Waals surface area contributed by atoms with Gasteiger partial charge in [-0.2, -0.15) is 0 Å². The number of carbonyl (C=O) groups is 2. The predicted octanol–water partition coefficient (Wildman–Crippen LogP) is 3.21. The van der Waals surface area contributed by atoms with Gasteiger partial charge in [0.25, 0.3) is 11.5 Å². The highest BCUT2D eigenvalue weighted by molar-refractivity contribution is 6.08. The number of carbonyl (C=O) groups excluding carboxylic acids is 2. The predicted molar refractivity (Wildman–Crippen MR) is 132 cm³/mol. The Labute approximate surface area is 199 Å². The van der Waals surface area contributed by atoms with Crippen LogP contribution in [0.1, 0.15) is 26.5 Å². The maximum Gasteiger partial charge on any atom is 0.276 e. The zero-order chi connectivity index (χ0) is 24.5. The molecule has 3 aromatic heterocycles. The molecule has 0 radical (unpaired) electrons. The summed E-state index contributed by atoms with van der Waals surface area (Å²) in [7, 11) is 0. The van der Waals surface area contributed by atoms with Gasteiger partial charge in [0.1, 0.15) is 6.33 Å². The first kappa shape index (κ1) is 21.8. The molecule has 9 heteroatoms. The van der Waals surface area contributed by atoms with Gasteiger partial charge in [0.05, 0.1) is 16.9 Å². The number of hydrogen-bond acceptors (Lipinski definition) is 5. The summed E-state index contributed by atoms with van der Waals surface area (Å²) in [6.45, 7) is 1.81. The smallest absolute Gasteiger partial charge is 0.276 e. The summed E-state index contributed by atoms with van der Waals surface area (Å²) < 4.78 is 3.31. The molecule has 35 heavy (non-hydrogen) atoms. The number of aryl methyl sites for hydroxylation is 1. The zero-order valence-electron chi connectivity index (χ0n) is 18.7. The molecule has 0 aliphatic heterocycles. The van der Waals surface area contributed by atoms with E-state index in [1.54, 1.807) is 18.2 Å². The van der Waals surface area contributed by atoms with Gasteiger partial charge >= 0.3 is 0 Å². The lowest BCUT2D eigenvalue weighted by atomic mass is 10.1. The van der Waals surface area contributed by atoms with E-state index in [9.17, 15) is 14.4 Å². The summed E-state index contributed by atoms with van der Waals surface area (Å²) in [6, 6.07) is 17.2. The first-order valence-electron chi connectivity index (χ1n) is 10.7. The van der Waals surface area contributed by atoms with Crippen molar-refractivity contribution in [2.24, 2.45) is 5.73 Å². The molecule has 9 nitrogen and oxygen atoms in total. The number of nitrogens with two attached hydrogens (primary N) is 1. The third kappa shape index (κ3) is 4.30. The van der Waals surface area contributed by atoms with E-state index in [2.05, 4.69) is 15.3 Å².